The molecule has 3 aromatic rings. The highest BCUT2D eigenvalue weighted by atomic mass is 19.1. The summed E-state index contributed by atoms with van der Waals surface area (Å²) in [5, 5.41) is 1.50. The molecular formula is C19H18FN. The Balaban J connectivity index is 2.18. The Labute approximate surface area is 124 Å². The normalized spacial score (nSPS) is 12.6. The Kier molecular flexibility index (Phi) is 3.48. The van der Waals surface area contributed by atoms with Gasteiger partial charge in [0.2, 0.25) is 0 Å². The molecule has 1 unspecified atom stereocenters. The Morgan fingerprint density at radius 1 is 0.857 bits per heavy atom. The minimum absolute atomic E-state index is 0.207. The molecule has 0 saturated carbocycles. The number of benzene rings is 3. The molecule has 0 aromatic heterocycles. The number of hydrogen-bond acceptors (Lipinski definition) is 1. The van der Waals surface area contributed by atoms with Crippen LogP contribution in [0.3, 0.4) is 0 Å². The maximum atomic E-state index is 13.9. The largest absolute Gasteiger partial charge is 0.320 e. The lowest BCUT2D eigenvalue weighted by molar-refractivity contribution is 0.639. The molecule has 0 saturated heterocycles. The number of nitrogens with two attached hydrogens (primary N) is 1. The lowest BCUT2D eigenvalue weighted by atomic mass is 9.92. The summed E-state index contributed by atoms with van der Waals surface area (Å²) in [6.45, 7) is 4.12. The van der Waals surface area contributed by atoms with E-state index in [-0.39, 0.29) is 11.9 Å². The molecule has 0 amide bonds. The third-order valence-electron chi connectivity index (χ3n) is 3.84. The van der Waals surface area contributed by atoms with Crippen molar-refractivity contribution in [3.8, 4) is 0 Å². The van der Waals surface area contributed by atoms with Gasteiger partial charge in [0, 0.05) is 5.39 Å². The van der Waals surface area contributed by atoms with E-state index in [2.05, 4.69) is 32.0 Å². The molecule has 1 atom stereocenters. The van der Waals surface area contributed by atoms with Crippen LogP contribution >= 0.6 is 0 Å². The van der Waals surface area contributed by atoms with Crippen molar-refractivity contribution in [1.82, 2.24) is 0 Å². The van der Waals surface area contributed by atoms with Crippen molar-refractivity contribution in [2.45, 2.75) is 19.9 Å². The minimum Gasteiger partial charge on any atom is -0.320 e. The van der Waals surface area contributed by atoms with Crippen LogP contribution in [0, 0.1) is 19.7 Å². The topological polar surface area (TPSA) is 26.0 Å². The summed E-state index contributed by atoms with van der Waals surface area (Å²) in [5.74, 6) is -0.207. The van der Waals surface area contributed by atoms with Gasteiger partial charge in [0.25, 0.3) is 0 Å². The second-order valence-corrected chi connectivity index (χ2v) is 5.58. The highest BCUT2D eigenvalue weighted by Crippen LogP contribution is 2.29. The fourth-order valence-corrected chi connectivity index (χ4v) is 2.93. The van der Waals surface area contributed by atoms with Crippen LogP contribution in [-0.4, -0.2) is 0 Å². The van der Waals surface area contributed by atoms with E-state index in [1.165, 1.54) is 17.2 Å². The van der Waals surface area contributed by atoms with Crippen molar-refractivity contribution in [3.63, 3.8) is 0 Å². The lowest BCUT2D eigenvalue weighted by Crippen LogP contribution is -2.13. The molecule has 106 valence electrons. The Morgan fingerprint density at radius 3 is 2.14 bits per heavy atom. The molecule has 0 heterocycles. The lowest BCUT2D eigenvalue weighted by Gasteiger charge is -2.17. The Bertz CT molecular complexity index is 788. The molecule has 0 radical (unpaired) electrons. The number of fused-ring (bicyclic) bond motifs is 1. The van der Waals surface area contributed by atoms with E-state index >= 15 is 0 Å². The molecule has 3 rings (SSSR count). The van der Waals surface area contributed by atoms with Crippen LogP contribution in [0.5, 0.6) is 0 Å². The summed E-state index contributed by atoms with van der Waals surface area (Å²) in [6, 6.07) is 16.8. The molecule has 0 aliphatic rings. The monoisotopic (exact) mass is 279 g/mol. The molecule has 21 heavy (non-hydrogen) atoms. The van der Waals surface area contributed by atoms with Crippen molar-refractivity contribution in [2.24, 2.45) is 5.73 Å². The van der Waals surface area contributed by atoms with Gasteiger partial charge in [-0.05, 0) is 36.4 Å². The van der Waals surface area contributed by atoms with Crippen LogP contribution in [0.15, 0.2) is 54.6 Å². The first-order valence-corrected chi connectivity index (χ1v) is 7.07. The molecule has 1 nitrogen and oxygen atoms in total. The molecule has 0 fully saturated rings. The van der Waals surface area contributed by atoms with E-state index in [1.807, 2.05) is 18.2 Å². The standard InChI is InChI=1S/C19H18FN/c1-12-9-13(2)11-14(10-12)19(21)17-7-8-18(20)16-6-4-3-5-15(16)17/h3-11,19H,21H2,1-2H3. The third kappa shape index (κ3) is 2.55. The highest BCUT2D eigenvalue weighted by Gasteiger charge is 2.14. The van der Waals surface area contributed by atoms with E-state index < -0.39 is 0 Å². The van der Waals surface area contributed by atoms with Gasteiger partial charge in [-0.2, -0.15) is 0 Å². The van der Waals surface area contributed by atoms with Crippen molar-refractivity contribution in [3.05, 3.63) is 82.7 Å². The summed E-state index contributed by atoms with van der Waals surface area (Å²) < 4.78 is 13.9. The minimum atomic E-state index is -0.255. The van der Waals surface area contributed by atoms with Gasteiger partial charge >= 0.3 is 0 Å². The second kappa shape index (κ2) is 5.30. The van der Waals surface area contributed by atoms with E-state index in [0.717, 1.165) is 16.5 Å². The summed E-state index contributed by atoms with van der Waals surface area (Å²) in [5.41, 5.74) is 10.8. The molecule has 0 aliphatic heterocycles. The number of aryl methyl sites for hydroxylation is 2. The summed E-state index contributed by atoms with van der Waals surface area (Å²) in [6.07, 6.45) is 0. The smallest absolute Gasteiger partial charge is 0.131 e. The predicted molar refractivity (Wildman–Crippen MR) is 85.9 cm³/mol. The number of rotatable bonds is 2. The van der Waals surface area contributed by atoms with E-state index in [0.29, 0.717) is 5.39 Å². The first kappa shape index (κ1) is 13.8. The average molecular weight is 279 g/mol. The molecule has 2 N–H and O–H groups in total. The van der Waals surface area contributed by atoms with Crippen LogP contribution in [0.25, 0.3) is 10.8 Å². The van der Waals surface area contributed by atoms with Crippen molar-refractivity contribution < 1.29 is 4.39 Å². The first-order valence-electron chi connectivity index (χ1n) is 7.07. The highest BCUT2D eigenvalue weighted by molar-refractivity contribution is 5.87. The van der Waals surface area contributed by atoms with Crippen LogP contribution in [0.4, 0.5) is 4.39 Å². The number of hydrogen-bond donors (Lipinski definition) is 1. The maximum Gasteiger partial charge on any atom is 0.131 e. The fourth-order valence-electron chi connectivity index (χ4n) is 2.93. The fraction of sp³-hybridized carbons (Fsp3) is 0.158. The van der Waals surface area contributed by atoms with Crippen LogP contribution in [-0.2, 0) is 0 Å². The molecule has 0 spiro atoms. The van der Waals surface area contributed by atoms with Gasteiger partial charge in [-0.1, -0.05) is 59.7 Å². The zero-order valence-corrected chi connectivity index (χ0v) is 12.2. The zero-order valence-electron chi connectivity index (χ0n) is 12.2. The van der Waals surface area contributed by atoms with E-state index in [1.54, 1.807) is 12.1 Å². The third-order valence-corrected chi connectivity index (χ3v) is 3.84. The molecule has 3 aromatic carbocycles. The second-order valence-electron chi connectivity index (χ2n) is 5.58. The first-order chi connectivity index (χ1) is 10.1. The van der Waals surface area contributed by atoms with Gasteiger partial charge in [-0.25, -0.2) is 4.39 Å². The zero-order chi connectivity index (χ0) is 15.0. The van der Waals surface area contributed by atoms with Crippen molar-refractivity contribution >= 4 is 10.8 Å². The van der Waals surface area contributed by atoms with E-state index in [4.69, 9.17) is 5.73 Å². The molecular weight excluding hydrogens is 261 g/mol. The van der Waals surface area contributed by atoms with Gasteiger partial charge < -0.3 is 5.73 Å². The molecule has 0 bridgehead atoms. The molecule has 2 heteroatoms. The van der Waals surface area contributed by atoms with Crippen LogP contribution < -0.4 is 5.73 Å². The SMILES string of the molecule is Cc1cc(C)cc(C(N)c2ccc(F)c3ccccc23)c1. The Morgan fingerprint density at radius 2 is 1.48 bits per heavy atom. The maximum absolute atomic E-state index is 13.9. The van der Waals surface area contributed by atoms with Crippen molar-refractivity contribution in [2.75, 3.05) is 0 Å². The predicted octanol–water partition coefficient (Wildman–Crippen LogP) is 4.64. The number of halogens is 1. The van der Waals surface area contributed by atoms with Crippen molar-refractivity contribution in [1.29, 1.82) is 0 Å². The van der Waals surface area contributed by atoms with Gasteiger partial charge in [0.1, 0.15) is 5.82 Å². The quantitative estimate of drug-likeness (QED) is 0.726. The average Bonchev–Trinajstić information content (AvgIpc) is 2.46. The van der Waals surface area contributed by atoms with Gasteiger partial charge in [-0.15, -0.1) is 0 Å². The van der Waals surface area contributed by atoms with Crippen LogP contribution in [0.2, 0.25) is 0 Å². The van der Waals surface area contributed by atoms with E-state index in [9.17, 15) is 4.39 Å². The Hall–Kier alpha value is -2.19. The molecule has 0 aliphatic carbocycles. The van der Waals surface area contributed by atoms with Gasteiger partial charge in [-0.3, -0.25) is 0 Å². The van der Waals surface area contributed by atoms with Crippen LogP contribution in [0.1, 0.15) is 28.3 Å². The van der Waals surface area contributed by atoms with Gasteiger partial charge in [0.05, 0.1) is 6.04 Å². The van der Waals surface area contributed by atoms with Gasteiger partial charge in [0.15, 0.2) is 0 Å². The summed E-state index contributed by atoms with van der Waals surface area (Å²) >= 11 is 0. The summed E-state index contributed by atoms with van der Waals surface area (Å²) in [4.78, 5) is 0. The summed E-state index contributed by atoms with van der Waals surface area (Å²) in [7, 11) is 0.